The number of imidazole rings is 1. The Morgan fingerprint density at radius 3 is 2.65 bits per heavy atom. The Kier molecular flexibility index (Phi) is 3.82. The minimum absolute atomic E-state index is 0.118. The Hall–Kier alpha value is -1.32. The van der Waals surface area contributed by atoms with Gasteiger partial charge in [0.25, 0.3) is 0 Å². The molecule has 3 nitrogen and oxygen atoms in total. The molecule has 1 heterocycles. The molecule has 2 aromatic rings. The number of rotatable bonds is 4. The van der Waals surface area contributed by atoms with Crippen molar-refractivity contribution in [2.75, 3.05) is 6.61 Å². The van der Waals surface area contributed by atoms with E-state index in [-0.39, 0.29) is 6.61 Å². The van der Waals surface area contributed by atoms with Crippen LogP contribution < -0.4 is 0 Å². The van der Waals surface area contributed by atoms with E-state index in [0.717, 1.165) is 28.7 Å². The molecular weight excluding hydrogens is 236 g/mol. The van der Waals surface area contributed by atoms with Crippen molar-refractivity contribution in [3.63, 3.8) is 0 Å². The normalized spacial score (nSPS) is 10.8. The Balaban J connectivity index is 2.15. The van der Waals surface area contributed by atoms with Gasteiger partial charge < -0.3 is 10.1 Å². The number of hydrogen-bond acceptors (Lipinski definition) is 2. The number of aryl methyl sites for hydroxylation is 1. The number of aromatic amines is 1. The first kappa shape index (κ1) is 12.1. The topological polar surface area (TPSA) is 48.9 Å². The van der Waals surface area contributed by atoms with Gasteiger partial charge in [-0.25, -0.2) is 4.98 Å². The zero-order valence-electron chi connectivity index (χ0n) is 9.70. The van der Waals surface area contributed by atoms with Crippen molar-refractivity contribution < 1.29 is 5.11 Å². The van der Waals surface area contributed by atoms with Crippen molar-refractivity contribution in [2.45, 2.75) is 19.8 Å². The minimum atomic E-state index is 0.118. The maximum atomic E-state index is 8.87. The molecule has 0 saturated carbocycles. The number of nitrogens with zero attached hydrogens (tertiary/aromatic N) is 1. The largest absolute Gasteiger partial charge is 0.396 e. The van der Waals surface area contributed by atoms with Gasteiger partial charge in [-0.05, 0) is 24.6 Å². The summed E-state index contributed by atoms with van der Waals surface area (Å²) < 4.78 is 0. The van der Waals surface area contributed by atoms with Crippen LogP contribution in [0.5, 0.6) is 0 Å². The lowest BCUT2D eigenvalue weighted by atomic mass is 10.1. The van der Waals surface area contributed by atoms with E-state index >= 15 is 0 Å². The molecule has 90 valence electrons. The van der Waals surface area contributed by atoms with Crippen molar-refractivity contribution in [3.05, 3.63) is 52.1 Å². The van der Waals surface area contributed by atoms with Gasteiger partial charge in [-0.3, -0.25) is 0 Å². The number of nitrogens with one attached hydrogen (secondary N) is 1. The third kappa shape index (κ3) is 3.08. The van der Waals surface area contributed by atoms with Gasteiger partial charge in [-0.1, -0.05) is 23.7 Å². The monoisotopic (exact) mass is 250 g/mol. The molecule has 0 bridgehead atoms. The van der Waals surface area contributed by atoms with E-state index < -0.39 is 0 Å². The first-order valence-corrected chi connectivity index (χ1v) is 5.96. The number of aliphatic hydroxyl groups excluding tert-OH is 1. The van der Waals surface area contributed by atoms with Gasteiger partial charge in [0.1, 0.15) is 5.82 Å². The van der Waals surface area contributed by atoms with Gasteiger partial charge >= 0.3 is 0 Å². The van der Waals surface area contributed by atoms with Gasteiger partial charge in [0.05, 0.1) is 12.3 Å². The van der Waals surface area contributed by atoms with Gasteiger partial charge in [-0.15, -0.1) is 0 Å². The van der Waals surface area contributed by atoms with E-state index in [1.54, 1.807) is 0 Å². The summed E-state index contributed by atoms with van der Waals surface area (Å²) in [6, 6.07) is 7.77. The molecule has 1 aromatic carbocycles. The molecule has 0 unspecified atom stereocenters. The first-order valence-electron chi connectivity index (χ1n) is 5.58. The molecule has 0 fully saturated rings. The smallest absolute Gasteiger partial charge is 0.108 e. The van der Waals surface area contributed by atoms with Crippen LogP contribution >= 0.6 is 11.6 Å². The van der Waals surface area contributed by atoms with Crippen molar-refractivity contribution in [3.8, 4) is 0 Å². The Bertz CT molecular complexity index is 491. The van der Waals surface area contributed by atoms with Crippen molar-refractivity contribution in [1.82, 2.24) is 9.97 Å². The van der Waals surface area contributed by atoms with Crippen LogP contribution in [-0.2, 0) is 12.8 Å². The maximum absolute atomic E-state index is 8.87. The van der Waals surface area contributed by atoms with Crippen molar-refractivity contribution in [1.29, 1.82) is 0 Å². The molecule has 0 radical (unpaired) electrons. The first-order chi connectivity index (χ1) is 8.19. The molecule has 0 saturated heterocycles. The van der Waals surface area contributed by atoms with Gasteiger partial charge in [0.2, 0.25) is 0 Å². The van der Waals surface area contributed by atoms with Crippen molar-refractivity contribution >= 4 is 11.6 Å². The zero-order valence-corrected chi connectivity index (χ0v) is 10.5. The average molecular weight is 251 g/mol. The number of aromatic nitrogens is 2. The van der Waals surface area contributed by atoms with Crippen molar-refractivity contribution in [2.24, 2.45) is 0 Å². The number of halogens is 1. The maximum Gasteiger partial charge on any atom is 0.108 e. The highest BCUT2D eigenvalue weighted by Gasteiger charge is 2.07. The average Bonchev–Trinajstić information content (AvgIpc) is 2.63. The highest BCUT2D eigenvalue weighted by molar-refractivity contribution is 6.30. The summed E-state index contributed by atoms with van der Waals surface area (Å²) in [5.41, 5.74) is 3.26. The molecule has 2 rings (SSSR count). The molecule has 0 aliphatic rings. The number of hydrogen-bond donors (Lipinski definition) is 2. The molecular formula is C13H15ClN2O. The summed E-state index contributed by atoms with van der Waals surface area (Å²) >= 11 is 5.84. The van der Waals surface area contributed by atoms with Crippen LogP contribution in [-0.4, -0.2) is 21.7 Å². The number of aliphatic hydroxyl groups is 1. The molecule has 0 amide bonds. The summed E-state index contributed by atoms with van der Waals surface area (Å²) in [7, 11) is 0. The fraction of sp³-hybridized carbons (Fsp3) is 0.308. The number of benzene rings is 1. The van der Waals surface area contributed by atoms with Crippen LogP contribution in [0, 0.1) is 6.92 Å². The molecule has 1 aromatic heterocycles. The van der Waals surface area contributed by atoms with Crippen LogP contribution in [0.15, 0.2) is 24.3 Å². The standard InChI is InChI=1S/C13H15ClN2O/c1-9-12(16-13(15-9)6-7-17)8-10-2-4-11(14)5-3-10/h2-5,17H,6-8H2,1H3,(H,15,16). The second-order valence-corrected chi connectivity index (χ2v) is 4.47. The molecule has 0 spiro atoms. The van der Waals surface area contributed by atoms with E-state index in [2.05, 4.69) is 9.97 Å². The van der Waals surface area contributed by atoms with Gasteiger partial charge in [-0.2, -0.15) is 0 Å². The third-order valence-corrected chi connectivity index (χ3v) is 2.92. The molecule has 2 N–H and O–H groups in total. The summed E-state index contributed by atoms with van der Waals surface area (Å²) in [4.78, 5) is 7.65. The quantitative estimate of drug-likeness (QED) is 0.876. The van der Waals surface area contributed by atoms with Crippen LogP contribution in [0.1, 0.15) is 22.8 Å². The van der Waals surface area contributed by atoms with E-state index in [9.17, 15) is 0 Å². The molecule has 0 aliphatic carbocycles. The third-order valence-electron chi connectivity index (χ3n) is 2.67. The predicted octanol–water partition coefficient (Wildman–Crippen LogP) is 2.50. The highest BCUT2D eigenvalue weighted by atomic mass is 35.5. The van der Waals surface area contributed by atoms with E-state index in [4.69, 9.17) is 16.7 Å². The SMILES string of the molecule is Cc1[nH]c(CCO)nc1Cc1ccc(Cl)cc1. The fourth-order valence-corrected chi connectivity index (χ4v) is 1.88. The summed E-state index contributed by atoms with van der Waals surface area (Å²) in [5.74, 6) is 0.842. The lowest BCUT2D eigenvalue weighted by Gasteiger charge is -1.99. The molecule has 0 aliphatic heterocycles. The second kappa shape index (κ2) is 5.34. The van der Waals surface area contributed by atoms with E-state index in [1.165, 1.54) is 5.56 Å². The predicted molar refractivity (Wildman–Crippen MR) is 68.4 cm³/mol. The lowest BCUT2D eigenvalue weighted by molar-refractivity contribution is 0.297. The van der Waals surface area contributed by atoms with Crippen LogP contribution in [0.2, 0.25) is 5.02 Å². The zero-order chi connectivity index (χ0) is 12.3. The molecule has 0 atom stereocenters. The number of H-pyrrole nitrogens is 1. The summed E-state index contributed by atoms with van der Waals surface area (Å²) in [6.07, 6.45) is 1.35. The Labute approximate surface area is 105 Å². The Morgan fingerprint density at radius 1 is 1.29 bits per heavy atom. The van der Waals surface area contributed by atoms with Gasteiger partial charge in [0, 0.05) is 23.6 Å². The van der Waals surface area contributed by atoms with E-state index in [0.29, 0.717) is 6.42 Å². The lowest BCUT2D eigenvalue weighted by Crippen LogP contribution is -1.94. The van der Waals surface area contributed by atoms with Crippen LogP contribution in [0.3, 0.4) is 0 Å². The van der Waals surface area contributed by atoms with Crippen LogP contribution in [0.4, 0.5) is 0 Å². The molecule has 4 heteroatoms. The second-order valence-electron chi connectivity index (χ2n) is 4.03. The van der Waals surface area contributed by atoms with Crippen LogP contribution in [0.25, 0.3) is 0 Å². The highest BCUT2D eigenvalue weighted by Crippen LogP contribution is 2.15. The Morgan fingerprint density at radius 2 is 2.00 bits per heavy atom. The summed E-state index contributed by atoms with van der Waals surface area (Å²) in [6.45, 7) is 2.12. The van der Waals surface area contributed by atoms with Gasteiger partial charge in [0.15, 0.2) is 0 Å². The van der Waals surface area contributed by atoms with E-state index in [1.807, 2.05) is 31.2 Å². The summed E-state index contributed by atoms with van der Waals surface area (Å²) in [5, 5.41) is 9.61. The fourth-order valence-electron chi connectivity index (χ4n) is 1.76. The molecule has 17 heavy (non-hydrogen) atoms. The minimum Gasteiger partial charge on any atom is -0.396 e.